The van der Waals surface area contributed by atoms with Crippen LogP contribution in [0, 0.1) is 0 Å². The highest BCUT2D eigenvalue weighted by molar-refractivity contribution is 9.10. The van der Waals surface area contributed by atoms with Crippen molar-refractivity contribution in [3.63, 3.8) is 0 Å². The van der Waals surface area contributed by atoms with Crippen molar-refractivity contribution < 1.29 is 4.74 Å². The first-order valence-electron chi connectivity index (χ1n) is 7.01. The first kappa shape index (κ1) is 14.2. The van der Waals surface area contributed by atoms with Crippen LogP contribution in [0.15, 0.2) is 34.1 Å². The zero-order valence-electron chi connectivity index (χ0n) is 11.6. The van der Waals surface area contributed by atoms with E-state index >= 15 is 0 Å². The summed E-state index contributed by atoms with van der Waals surface area (Å²) >= 11 is 5.25. The summed E-state index contributed by atoms with van der Waals surface area (Å²) in [7, 11) is 1.82. The van der Waals surface area contributed by atoms with Gasteiger partial charge in [-0.15, -0.1) is 11.3 Å². The Balaban J connectivity index is 1.93. The fourth-order valence-corrected chi connectivity index (χ4v) is 4.36. The molecule has 20 heavy (non-hydrogen) atoms. The van der Waals surface area contributed by atoms with Gasteiger partial charge in [-0.2, -0.15) is 0 Å². The van der Waals surface area contributed by atoms with Crippen LogP contribution in [0.25, 0.3) is 11.3 Å². The standard InChI is InChI=1S/C16H18BrNOS/c1-19-16(8-3-2-4-9-16)15-18-14(11-20-15)12-6-5-7-13(17)10-12/h5-7,10-11H,2-4,8-9H2,1H3. The summed E-state index contributed by atoms with van der Waals surface area (Å²) in [6.07, 6.45) is 5.97. The maximum Gasteiger partial charge on any atom is 0.125 e. The largest absolute Gasteiger partial charge is 0.371 e. The van der Waals surface area contributed by atoms with Crippen molar-refractivity contribution in [2.75, 3.05) is 7.11 Å². The minimum atomic E-state index is -0.146. The van der Waals surface area contributed by atoms with Gasteiger partial charge in [0.15, 0.2) is 0 Å². The number of methoxy groups -OCH3 is 1. The molecule has 1 aliphatic rings. The molecule has 0 N–H and O–H groups in total. The second-order valence-corrected chi connectivity index (χ2v) is 7.08. The molecule has 0 atom stereocenters. The van der Waals surface area contributed by atoms with E-state index in [-0.39, 0.29) is 5.60 Å². The van der Waals surface area contributed by atoms with E-state index in [0.717, 1.165) is 33.6 Å². The first-order chi connectivity index (χ1) is 9.73. The fourth-order valence-electron chi connectivity index (χ4n) is 2.89. The predicted octanol–water partition coefficient (Wildman–Crippen LogP) is 5.38. The Labute approximate surface area is 132 Å². The SMILES string of the molecule is COC1(c2nc(-c3cccc(Br)c3)cs2)CCCCC1. The van der Waals surface area contributed by atoms with Crippen LogP contribution in [-0.4, -0.2) is 12.1 Å². The highest BCUT2D eigenvalue weighted by Gasteiger charge is 2.36. The summed E-state index contributed by atoms with van der Waals surface area (Å²) in [5, 5.41) is 3.28. The van der Waals surface area contributed by atoms with Gasteiger partial charge < -0.3 is 4.74 Å². The van der Waals surface area contributed by atoms with Crippen LogP contribution in [0.1, 0.15) is 37.1 Å². The highest BCUT2D eigenvalue weighted by Crippen LogP contribution is 2.42. The molecule has 0 unspecified atom stereocenters. The lowest BCUT2D eigenvalue weighted by Crippen LogP contribution is -2.30. The molecular formula is C16H18BrNOS. The Hall–Kier alpha value is -0.710. The van der Waals surface area contributed by atoms with E-state index in [9.17, 15) is 0 Å². The minimum absolute atomic E-state index is 0.146. The van der Waals surface area contributed by atoms with Crippen molar-refractivity contribution in [2.45, 2.75) is 37.7 Å². The van der Waals surface area contributed by atoms with E-state index < -0.39 is 0 Å². The molecule has 0 spiro atoms. The molecule has 1 aromatic heterocycles. The van der Waals surface area contributed by atoms with E-state index in [1.807, 2.05) is 19.2 Å². The van der Waals surface area contributed by atoms with Crippen molar-refractivity contribution >= 4 is 27.3 Å². The van der Waals surface area contributed by atoms with Gasteiger partial charge in [-0.1, -0.05) is 47.3 Å². The summed E-state index contributed by atoms with van der Waals surface area (Å²) in [4.78, 5) is 4.86. The molecule has 0 aliphatic heterocycles. The minimum Gasteiger partial charge on any atom is -0.371 e. The first-order valence-corrected chi connectivity index (χ1v) is 8.68. The van der Waals surface area contributed by atoms with E-state index in [4.69, 9.17) is 9.72 Å². The second-order valence-electron chi connectivity index (χ2n) is 5.31. The monoisotopic (exact) mass is 351 g/mol. The van der Waals surface area contributed by atoms with Gasteiger partial charge in [0, 0.05) is 22.5 Å². The molecule has 0 saturated heterocycles. The normalized spacial score (nSPS) is 18.1. The second kappa shape index (κ2) is 5.96. The number of benzene rings is 1. The third-order valence-electron chi connectivity index (χ3n) is 4.07. The van der Waals surface area contributed by atoms with Crippen LogP contribution < -0.4 is 0 Å². The summed E-state index contributed by atoms with van der Waals surface area (Å²) in [6, 6.07) is 8.29. The third-order valence-corrected chi connectivity index (χ3v) is 5.59. The Morgan fingerprint density at radius 3 is 2.75 bits per heavy atom. The van der Waals surface area contributed by atoms with Gasteiger partial charge in [-0.25, -0.2) is 4.98 Å². The third kappa shape index (κ3) is 2.69. The molecule has 0 radical (unpaired) electrons. The van der Waals surface area contributed by atoms with Crippen LogP contribution in [0.2, 0.25) is 0 Å². The number of halogens is 1. The molecule has 2 nitrogen and oxygen atoms in total. The predicted molar refractivity (Wildman–Crippen MR) is 87.0 cm³/mol. The van der Waals surface area contributed by atoms with Crippen LogP contribution in [0.3, 0.4) is 0 Å². The number of rotatable bonds is 3. The van der Waals surface area contributed by atoms with E-state index in [1.54, 1.807) is 11.3 Å². The summed E-state index contributed by atoms with van der Waals surface area (Å²) in [5.74, 6) is 0. The zero-order chi connectivity index (χ0) is 14.0. The molecular weight excluding hydrogens is 334 g/mol. The molecule has 0 amide bonds. The number of hydrogen-bond acceptors (Lipinski definition) is 3. The fraction of sp³-hybridized carbons (Fsp3) is 0.438. The molecule has 3 rings (SSSR count). The topological polar surface area (TPSA) is 22.1 Å². The zero-order valence-corrected chi connectivity index (χ0v) is 14.0. The van der Waals surface area contributed by atoms with Crippen molar-refractivity contribution in [3.8, 4) is 11.3 Å². The van der Waals surface area contributed by atoms with Crippen molar-refractivity contribution in [1.29, 1.82) is 0 Å². The molecule has 1 saturated carbocycles. The number of nitrogens with zero attached hydrogens (tertiary/aromatic N) is 1. The lowest BCUT2D eigenvalue weighted by atomic mass is 9.85. The average molecular weight is 352 g/mol. The van der Waals surface area contributed by atoms with Gasteiger partial charge in [0.25, 0.3) is 0 Å². The number of hydrogen-bond donors (Lipinski definition) is 0. The lowest BCUT2D eigenvalue weighted by molar-refractivity contribution is -0.0445. The van der Waals surface area contributed by atoms with Gasteiger partial charge in [-0.3, -0.25) is 0 Å². The van der Waals surface area contributed by atoms with Gasteiger partial charge in [0.1, 0.15) is 10.6 Å². The lowest BCUT2D eigenvalue weighted by Gasteiger charge is -2.34. The Bertz CT molecular complexity index is 590. The van der Waals surface area contributed by atoms with Crippen molar-refractivity contribution in [3.05, 3.63) is 39.1 Å². The van der Waals surface area contributed by atoms with E-state index in [0.29, 0.717) is 0 Å². The van der Waals surface area contributed by atoms with Gasteiger partial charge in [0.05, 0.1) is 5.69 Å². The summed E-state index contributed by atoms with van der Waals surface area (Å²) in [5.41, 5.74) is 2.06. The Morgan fingerprint density at radius 1 is 1.25 bits per heavy atom. The van der Waals surface area contributed by atoms with Gasteiger partial charge in [0.2, 0.25) is 0 Å². The summed E-state index contributed by atoms with van der Waals surface area (Å²) < 4.78 is 6.96. The molecule has 1 aromatic carbocycles. The van der Waals surface area contributed by atoms with E-state index in [1.165, 1.54) is 19.3 Å². The number of aromatic nitrogens is 1. The molecule has 4 heteroatoms. The number of thiazole rings is 1. The maximum absolute atomic E-state index is 5.88. The smallest absolute Gasteiger partial charge is 0.125 e. The van der Waals surface area contributed by atoms with Crippen LogP contribution in [0.5, 0.6) is 0 Å². The molecule has 1 aliphatic carbocycles. The van der Waals surface area contributed by atoms with Crippen molar-refractivity contribution in [1.82, 2.24) is 4.98 Å². The molecule has 0 bridgehead atoms. The maximum atomic E-state index is 5.88. The Morgan fingerprint density at radius 2 is 2.05 bits per heavy atom. The number of ether oxygens (including phenoxy) is 1. The molecule has 2 aromatic rings. The molecule has 106 valence electrons. The van der Waals surface area contributed by atoms with Gasteiger partial charge >= 0.3 is 0 Å². The van der Waals surface area contributed by atoms with Crippen LogP contribution in [0.4, 0.5) is 0 Å². The highest BCUT2D eigenvalue weighted by atomic mass is 79.9. The molecule has 1 heterocycles. The summed E-state index contributed by atoms with van der Waals surface area (Å²) in [6.45, 7) is 0. The van der Waals surface area contributed by atoms with Crippen molar-refractivity contribution in [2.24, 2.45) is 0 Å². The van der Waals surface area contributed by atoms with E-state index in [2.05, 4.69) is 33.4 Å². The average Bonchev–Trinajstić information content (AvgIpc) is 2.98. The quantitative estimate of drug-likeness (QED) is 0.740. The van der Waals surface area contributed by atoms with Crippen LogP contribution >= 0.6 is 27.3 Å². The Kier molecular flexibility index (Phi) is 4.24. The van der Waals surface area contributed by atoms with Crippen LogP contribution in [-0.2, 0) is 10.3 Å². The van der Waals surface area contributed by atoms with Gasteiger partial charge in [-0.05, 0) is 25.0 Å². The molecule has 1 fully saturated rings.